The number of rotatable bonds is 12. The Kier molecular flexibility index (Phi) is 11.0. The van der Waals surface area contributed by atoms with Gasteiger partial charge >= 0.3 is 0 Å². The summed E-state index contributed by atoms with van der Waals surface area (Å²) in [5, 5.41) is 3.64. The van der Waals surface area contributed by atoms with Crippen molar-refractivity contribution >= 4 is 0 Å². The molecule has 5 nitrogen and oxygen atoms in total. The lowest BCUT2D eigenvalue weighted by Gasteiger charge is -2.34. The van der Waals surface area contributed by atoms with Gasteiger partial charge in [-0.15, -0.1) is 0 Å². The van der Waals surface area contributed by atoms with E-state index in [0.717, 1.165) is 0 Å². The minimum atomic E-state index is 1.20. The predicted octanol–water partition coefficient (Wildman–Crippen LogP) is 1.41. The van der Waals surface area contributed by atoms with Gasteiger partial charge in [-0.05, 0) is 65.0 Å². The predicted molar refractivity (Wildman–Crippen MR) is 108 cm³/mol. The molecular weight excluding hydrogens is 310 g/mol. The van der Waals surface area contributed by atoms with Gasteiger partial charge in [0.05, 0.1) is 0 Å². The molecule has 0 aromatic rings. The Bertz CT molecular complexity index is 279. The Morgan fingerprint density at radius 2 is 0.880 bits per heavy atom. The smallest absolute Gasteiger partial charge is 0.0110 e. The van der Waals surface area contributed by atoms with Gasteiger partial charge in [-0.1, -0.05) is 13.8 Å². The van der Waals surface area contributed by atoms with E-state index in [1.165, 1.54) is 117 Å². The van der Waals surface area contributed by atoms with E-state index in [1.807, 2.05) is 0 Å². The summed E-state index contributed by atoms with van der Waals surface area (Å²) in [5.74, 6) is 0. The summed E-state index contributed by atoms with van der Waals surface area (Å²) in [5.41, 5.74) is 0. The second kappa shape index (κ2) is 13.0. The number of nitrogens with zero attached hydrogens (tertiary/aromatic N) is 4. The largest absolute Gasteiger partial charge is 0.317 e. The highest BCUT2D eigenvalue weighted by Gasteiger charge is 2.15. The second-order valence-electron chi connectivity index (χ2n) is 7.72. The van der Waals surface area contributed by atoms with Crippen LogP contribution in [0.1, 0.15) is 39.5 Å². The summed E-state index contributed by atoms with van der Waals surface area (Å²) in [6, 6.07) is 0. The van der Waals surface area contributed by atoms with Gasteiger partial charge in [0.1, 0.15) is 0 Å². The van der Waals surface area contributed by atoms with Crippen LogP contribution in [0.4, 0.5) is 0 Å². The Balaban J connectivity index is 1.32. The van der Waals surface area contributed by atoms with E-state index in [0.29, 0.717) is 0 Å². The van der Waals surface area contributed by atoms with Crippen molar-refractivity contribution in [3.8, 4) is 0 Å². The summed E-state index contributed by atoms with van der Waals surface area (Å²) in [6.07, 6.45) is 5.35. The molecule has 0 bridgehead atoms. The lowest BCUT2D eigenvalue weighted by Crippen LogP contribution is -2.46. The lowest BCUT2D eigenvalue weighted by atomic mass is 10.2. The minimum Gasteiger partial charge on any atom is -0.317 e. The molecule has 2 rings (SSSR count). The molecule has 0 aromatic carbocycles. The molecule has 25 heavy (non-hydrogen) atoms. The summed E-state index contributed by atoms with van der Waals surface area (Å²) < 4.78 is 0. The van der Waals surface area contributed by atoms with Crippen molar-refractivity contribution in [2.45, 2.75) is 39.5 Å². The summed E-state index contributed by atoms with van der Waals surface area (Å²) in [6.45, 7) is 22.1. The molecule has 1 N–H and O–H groups in total. The van der Waals surface area contributed by atoms with Gasteiger partial charge in [0, 0.05) is 52.4 Å². The Hall–Kier alpha value is -0.200. The Morgan fingerprint density at radius 1 is 0.520 bits per heavy atom. The van der Waals surface area contributed by atoms with Crippen molar-refractivity contribution in [2.75, 3.05) is 91.6 Å². The molecule has 2 saturated heterocycles. The maximum Gasteiger partial charge on any atom is 0.0110 e. The summed E-state index contributed by atoms with van der Waals surface area (Å²) in [7, 11) is 0. The zero-order valence-electron chi connectivity index (χ0n) is 17.0. The van der Waals surface area contributed by atoms with Crippen molar-refractivity contribution in [2.24, 2.45) is 0 Å². The molecule has 2 heterocycles. The topological polar surface area (TPSA) is 25.0 Å². The molecule has 2 aliphatic rings. The molecule has 0 saturated carbocycles. The highest BCUT2D eigenvalue weighted by atomic mass is 15.3. The van der Waals surface area contributed by atoms with E-state index < -0.39 is 0 Å². The quantitative estimate of drug-likeness (QED) is 0.535. The third-order valence-electron chi connectivity index (χ3n) is 5.98. The number of piperazine rings is 2. The molecule has 0 unspecified atom stereocenters. The van der Waals surface area contributed by atoms with Gasteiger partial charge in [-0.3, -0.25) is 0 Å². The number of unbranched alkanes of at least 4 members (excludes halogenated alkanes) is 2. The summed E-state index contributed by atoms with van der Waals surface area (Å²) in [4.78, 5) is 10.4. The molecule has 0 spiro atoms. The molecule has 0 aromatic heterocycles. The molecule has 0 amide bonds. The van der Waals surface area contributed by atoms with E-state index >= 15 is 0 Å². The van der Waals surface area contributed by atoms with E-state index in [2.05, 4.69) is 38.8 Å². The first-order valence-electron chi connectivity index (χ1n) is 10.9. The van der Waals surface area contributed by atoms with Crippen LogP contribution in [0.5, 0.6) is 0 Å². The van der Waals surface area contributed by atoms with Gasteiger partial charge in [0.2, 0.25) is 0 Å². The molecule has 5 heteroatoms. The van der Waals surface area contributed by atoms with Gasteiger partial charge < -0.3 is 24.9 Å². The van der Waals surface area contributed by atoms with Crippen LogP contribution in [-0.4, -0.2) is 111 Å². The molecule has 2 fully saturated rings. The zero-order valence-corrected chi connectivity index (χ0v) is 17.0. The van der Waals surface area contributed by atoms with Crippen LogP contribution >= 0.6 is 0 Å². The number of nitrogens with one attached hydrogen (secondary N) is 1. The first-order valence-corrected chi connectivity index (χ1v) is 10.9. The van der Waals surface area contributed by atoms with Crippen molar-refractivity contribution in [1.82, 2.24) is 24.9 Å². The fourth-order valence-corrected chi connectivity index (χ4v) is 3.95. The highest BCUT2D eigenvalue weighted by Crippen LogP contribution is 2.04. The van der Waals surface area contributed by atoms with Crippen molar-refractivity contribution in [3.63, 3.8) is 0 Å². The monoisotopic (exact) mass is 353 g/mol. The first kappa shape index (κ1) is 21.1. The number of hydrogen-bond donors (Lipinski definition) is 1. The van der Waals surface area contributed by atoms with Crippen LogP contribution in [0.3, 0.4) is 0 Å². The maximum atomic E-state index is 3.64. The average Bonchev–Trinajstić information content (AvgIpc) is 2.67. The van der Waals surface area contributed by atoms with E-state index in [4.69, 9.17) is 0 Å². The third-order valence-corrected chi connectivity index (χ3v) is 5.98. The van der Waals surface area contributed by atoms with Crippen LogP contribution in [0.2, 0.25) is 0 Å². The molecule has 148 valence electrons. The zero-order chi connectivity index (χ0) is 17.7. The number of likely N-dealkylation sites (N-methyl/N-ethyl adjacent to an activating group) is 2. The van der Waals surface area contributed by atoms with Crippen molar-refractivity contribution in [1.29, 1.82) is 0 Å². The SMILES string of the molecule is CCN1CCN(CCCCNCCCCN2CCN(CC)CC2)CC1. The highest BCUT2D eigenvalue weighted by molar-refractivity contribution is 4.72. The molecule has 0 atom stereocenters. The second-order valence-corrected chi connectivity index (χ2v) is 7.72. The van der Waals surface area contributed by atoms with Crippen LogP contribution in [-0.2, 0) is 0 Å². The van der Waals surface area contributed by atoms with E-state index in [-0.39, 0.29) is 0 Å². The normalized spacial score (nSPS) is 21.8. The first-order chi connectivity index (χ1) is 12.3. The van der Waals surface area contributed by atoms with E-state index in [9.17, 15) is 0 Å². The average molecular weight is 354 g/mol. The molecule has 0 radical (unpaired) electrons. The van der Waals surface area contributed by atoms with Crippen LogP contribution in [0.25, 0.3) is 0 Å². The fourth-order valence-electron chi connectivity index (χ4n) is 3.95. The molecule has 2 aliphatic heterocycles. The molecular formula is C20H43N5. The minimum absolute atomic E-state index is 1.20. The van der Waals surface area contributed by atoms with Crippen molar-refractivity contribution in [3.05, 3.63) is 0 Å². The van der Waals surface area contributed by atoms with Gasteiger partial charge in [-0.2, -0.15) is 0 Å². The summed E-state index contributed by atoms with van der Waals surface area (Å²) >= 11 is 0. The van der Waals surface area contributed by atoms with Gasteiger partial charge in [0.15, 0.2) is 0 Å². The van der Waals surface area contributed by atoms with Crippen LogP contribution in [0.15, 0.2) is 0 Å². The van der Waals surface area contributed by atoms with Crippen LogP contribution in [0, 0.1) is 0 Å². The van der Waals surface area contributed by atoms with Crippen molar-refractivity contribution < 1.29 is 0 Å². The third kappa shape index (κ3) is 8.83. The fraction of sp³-hybridized carbons (Fsp3) is 1.00. The lowest BCUT2D eigenvalue weighted by molar-refractivity contribution is 0.135. The van der Waals surface area contributed by atoms with Gasteiger partial charge in [0.25, 0.3) is 0 Å². The van der Waals surface area contributed by atoms with E-state index in [1.54, 1.807) is 0 Å². The Morgan fingerprint density at radius 3 is 1.24 bits per heavy atom. The van der Waals surface area contributed by atoms with Crippen LogP contribution < -0.4 is 5.32 Å². The standard InChI is InChI=1S/C20H43N5/c1-3-22-13-17-24(18-14-22)11-7-5-9-21-10-6-8-12-25-19-15-23(4-2)16-20-25/h21H,3-20H2,1-2H3. The van der Waals surface area contributed by atoms with Gasteiger partial charge in [-0.25, -0.2) is 0 Å². The number of hydrogen-bond acceptors (Lipinski definition) is 5. The molecule has 0 aliphatic carbocycles. The maximum absolute atomic E-state index is 3.64. The Labute approximate surface area is 156 Å².